The maximum absolute atomic E-state index is 12.3. The van der Waals surface area contributed by atoms with Crippen molar-refractivity contribution in [2.24, 2.45) is 0 Å². The van der Waals surface area contributed by atoms with Crippen molar-refractivity contribution in [3.05, 3.63) is 0 Å². The Hall–Kier alpha value is -0.660. The van der Waals surface area contributed by atoms with Gasteiger partial charge >= 0.3 is 0 Å². The van der Waals surface area contributed by atoms with E-state index in [0.29, 0.717) is 12.8 Å². The predicted molar refractivity (Wildman–Crippen MR) is 152 cm³/mol. The molecular weight excluding hydrogens is 474 g/mol. The predicted octanol–water partition coefficient (Wildman–Crippen LogP) is 7.73. The third-order valence-corrected chi connectivity index (χ3v) is 7.84. The molecular formula is C29H59NO5S. The zero-order valence-electron chi connectivity index (χ0n) is 23.7. The number of aliphatic hydroxyl groups excluding tert-OH is 1. The van der Waals surface area contributed by atoms with Crippen LogP contribution in [0.1, 0.15) is 162 Å². The van der Waals surface area contributed by atoms with Crippen LogP contribution in [0.4, 0.5) is 0 Å². The van der Waals surface area contributed by atoms with Gasteiger partial charge in [-0.3, -0.25) is 9.35 Å². The van der Waals surface area contributed by atoms with Crippen LogP contribution in [0.25, 0.3) is 0 Å². The number of nitrogens with one attached hydrogen (secondary N) is 1. The molecule has 0 fully saturated rings. The van der Waals surface area contributed by atoms with Crippen molar-refractivity contribution in [1.29, 1.82) is 0 Å². The van der Waals surface area contributed by atoms with Crippen molar-refractivity contribution in [3.8, 4) is 0 Å². The van der Waals surface area contributed by atoms with Gasteiger partial charge in [-0.15, -0.1) is 0 Å². The molecule has 2 atom stereocenters. The number of unbranched alkanes of at least 4 members (excludes halogenated alkanes) is 19. The fourth-order valence-corrected chi connectivity index (χ4v) is 5.51. The molecule has 216 valence electrons. The molecule has 0 saturated heterocycles. The number of aliphatic hydroxyl groups is 1. The average Bonchev–Trinajstić information content (AvgIpc) is 2.82. The second kappa shape index (κ2) is 24.7. The molecule has 0 radical (unpaired) electrons. The maximum atomic E-state index is 12.3. The smallest absolute Gasteiger partial charge is 0.266 e. The Kier molecular flexibility index (Phi) is 24.2. The summed E-state index contributed by atoms with van der Waals surface area (Å²) in [5, 5.41) is 13.1. The Labute approximate surface area is 223 Å². The summed E-state index contributed by atoms with van der Waals surface area (Å²) in [4.78, 5) is 12.3. The van der Waals surface area contributed by atoms with Crippen LogP contribution in [-0.2, 0) is 14.9 Å². The summed E-state index contributed by atoms with van der Waals surface area (Å²) in [6.07, 6.45) is 25.1. The molecule has 0 bridgehead atoms. The molecule has 2 unspecified atom stereocenters. The Bertz CT molecular complexity index is 596. The lowest BCUT2D eigenvalue weighted by Gasteiger charge is -2.23. The summed E-state index contributed by atoms with van der Waals surface area (Å²) in [6.45, 7) is 4.42. The van der Waals surface area contributed by atoms with E-state index in [0.717, 1.165) is 44.9 Å². The largest absolute Gasteiger partial charge is 0.391 e. The highest BCUT2D eigenvalue weighted by atomic mass is 32.2. The third kappa shape index (κ3) is 25.0. The van der Waals surface area contributed by atoms with Crippen LogP contribution in [0.5, 0.6) is 0 Å². The van der Waals surface area contributed by atoms with E-state index in [1.807, 2.05) is 0 Å². The van der Waals surface area contributed by atoms with Crippen LogP contribution >= 0.6 is 0 Å². The van der Waals surface area contributed by atoms with Gasteiger partial charge in [-0.25, -0.2) is 0 Å². The molecule has 0 spiro atoms. The van der Waals surface area contributed by atoms with Crippen LogP contribution in [-0.4, -0.2) is 41.9 Å². The van der Waals surface area contributed by atoms with E-state index in [2.05, 4.69) is 19.2 Å². The van der Waals surface area contributed by atoms with E-state index in [4.69, 9.17) is 0 Å². The Balaban J connectivity index is 3.87. The summed E-state index contributed by atoms with van der Waals surface area (Å²) >= 11 is 0. The lowest BCUT2D eigenvalue weighted by molar-refractivity contribution is -0.122. The highest BCUT2D eigenvalue weighted by Crippen LogP contribution is 2.15. The molecule has 7 heteroatoms. The van der Waals surface area contributed by atoms with Crippen molar-refractivity contribution in [2.45, 2.75) is 174 Å². The van der Waals surface area contributed by atoms with Gasteiger partial charge in [0.2, 0.25) is 5.91 Å². The van der Waals surface area contributed by atoms with E-state index >= 15 is 0 Å². The minimum atomic E-state index is -4.28. The van der Waals surface area contributed by atoms with Crippen LogP contribution < -0.4 is 5.32 Å². The van der Waals surface area contributed by atoms with Gasteiger partial charge in [-0.2, -0.15) is 8.42 Å². The number of carbonyl (C=O) groups is 1. The van der Waals surface area contributed by atoms with Crippen molar-refractivity contribution in [1.82, 2.24) is 5.32 Å². The minimum Gasteiger partial charge on any atom is -0.391 e. The van der Waals surface area contributed by atoms with Crippen molar-refractivity contribution in [2.75, 3.05) is 5.75 Å². The SMILES string of the molecule is CCCCCCCCCCCCCCCCCC(=O)NC(CS(=O)(=O)O)C(O)CCCCCCCC. The van der Waals surface area contributed by atoms with Gasteiger partial charge in [0.15, 0.2) is 0 Å². The molecule has 0 aliphatic rings. The molecule has 0 aliphatic heterocycles. The minimum absolute atomic E-state index is 0.250. The van der Waals surface area contributed by atoms with Crippen LogP contribution in [0.2, 0.25) is 0 Å². The zero-order valence-corrected chi connectivity index (χ0v) is 24.5. The number of hydrogen-bond acceptors (Lipinski definition) is 4. The first-order chi connectivity index (χ1) is 17.3. The zero-order chi connectivity index (χ0) is 26.9. The molecule has 1 amide bonds. The topological polar surface area (TPSA) is 104 Å². The molecule has 0 aromatic rings. The van der Waals surface area contributed by atoms with Gasteiger partial charge in [-0.1, -0.05) is 142 Å². The summed E-state index contributed by atoms with van der Waals surface area (Å²) in [5.41, 5.74) is 0. The van der Waals surface area contributed by atoms with E-state index < -0.39 is 28.0 Å². The number of amides is 1. The quantitative estimate of drug-likeness (QED) is 0.0740. The standard InChI is InChI=1S/C29H59NO5S/c1-3-5-7-9-11-12-13-14-15-16-17-18-19-21-23-25-29(32)30-27(26-36(33,34)35)28(31)24-22-20-10-8-6-4-2/h27-28,31H,3-26H2,1-2H3,(H,30,32)(H,33,34,35). The first-order valence-electron chi connectivity index (χ1n) is 15.2. The lowest BCUT2D eigenvalue weighted by Crippen LogP contribution is -2.47. The lowest BCUT2D eigenvalue weighted by atomic mass is 10.0. The number of hydrogen-bond donors (Lipinski definition) is 3. The fourth-order valence-electron chi connectivity index (χ4n) is 4.75. The van der Waals surface area contributed by atoms with Crippen LogP contribution in [0, 0.1) is 0 Å². The molecule has 0 saturated carbocycles. The molecule has 0 heterocycles. The second-order valence-electron chi connectivity index (χ2n) is 10.7. The van der Waals surface area contributed by atoms with Gasteiger partial charge in [0, 0.05) is 6.42 Å². The van der Waals surface area contributed by atoms with Gasteiger partial charge in [0.25, 0.3) is 10.1 Å². The van der Waals surface area contributed by atoms with Crippen molar-refractivity contribution >= 4 is 16.0 Å². The number of carbonyl (C=O) groups excluding carboxylic acids is 1. The first-order valence-corrected chi connectivity index (χ1v) is 16.8. The van der Waals surface area contributed by atoms with E-state index in [1.54, 1.807) is 0 Å². The molecule has 3 N–H and O–H groups in total. The Morgan fingerprint density at radius 1 is 0.639 bits per heavy atom. The molecule has 0 aliphatic carbocycles. The van der Waals surface area contributed by atoms with Gasteiger partial charge in [0.1, 0.15) is 0 Å². The summed E-state index contributed by atoms with van der Waals surface area (Å²) in [7, 11) is -4.28. The molecule has 0 aromatic carbocycles. The normalized spacial score (nSPS) is 13.6. The average molecular weight is 534 g/mol. The second-order valence-corrected chi connectivity index (χ2v) is 12.2. The van der Waals surface area contributed by atoms with E-state index in [-0.39, 0.29) is 5.91 Å². The van der Waals surface area contributed by atoms with Gasteiger partial charge in [-0.05, 0) is 12.8 Å². The Morgan fingerprint density at radius 2 is 1.00 bits per heavy atom. The summed E-state index contributed by atoms with van der Waals surface area (Å²) < 4.78 is 32.0. The monoisotopic (exact) mass is 533 g/mol. The first kappa shape index (κ1) is 35.3. The highest BCUT2D eigenvalue weighted by Gasteiger charge is 2.26. The van der Waals surface area contributed by atoms with Crippen LogP contribution in [0.15, 0.2) is 0 Å². The molecule has 6 nitrogen and oxygen atoms in total. The van der Waals surface area contributed by atoms with E-state index in [9.17, 15) is 22.9 Å². The summed E-state index contributed by atoms with van der Waals surface area (Å²) in [5.74, 6) is -0.894. The molecule has 36 heavy (non-hydrogen) atoms. The van der Waals surface area contributed by atoms with Crippen LogP contribution in [0.3, 0.4) is 0 Å². The van der Waals surface area contributed by atoms with Crippen molar-refractivity contribution in [3.63, 3.8) is 0 Å². The molecule has 0 aromatic heterocycles. The maximum Gasteiger partial charge on any atom is 0.266 e. The van der Waals surface area contributed by atoms with Crippen molar-refractivity contribution < 1.29 is 22.9 Å². The summed E-state index contributed by atoms with van der Waals surface area (Å²) in [6, 6.07) is -0.959. The fraction of sp³-hybridized carbons (Fsp3) is 0.966. The Morgan fingerprint density at radius 3 is 1.39 bits per heavy atom. The third-order valence-electron chi connectivity index (χ3n) is 7.06. The van der Waals surface area contributed by atoms with E-state index in [1.165, 1.54) is 89.9 Å². The highest BCUT2D eigenvalue weighted by molar-refractivity contribution is 7.85. The number of rotatable bonds is 27. The molecule has 0 rings (SSSR count). The van der Waals surface area contributed by atoms with Gasteiger partial charge < -0.3 is 10.4 Å². The van der Waals surface area contributed by atoms with Gasteiger partial charge in [0.05, 0.1) is 17.9 Å².